The number of aliphatic hydroxyl groups excluding tert-OH is 1. The highest BCUT2D eigenvalue weighted by Crippen LogP contribution is 2.27. The SMILES string of the molecule is COc1ccc(Oc2cc(C)ncc2CO)cc1. The van der Waals surface area contributed by atoms with E-state index in [1.807, 2.05) is 31.2 Å². The summed E-state index contributed by atoms with van der Waals surface area (Å²) >= 11 is 0. The number of aliphatic hydroxyl groups is 1. The fourth-order valence-corrected chi connectivity index (χ4v) is 1.55. The predicted octanol–water partition coefficient (Wildman–Crippen LogP) is 2.68. The van der Waals surface area contributed by atoms with Crippen molar-refractivity contribution in [3.05, 3.63) is 47.8 Å². The van der Waals surface area contributed by atoms with Crippen molar-refractivity contribution in [2.24, 2.45) is 0 Å². The molecule has 0 aliphatic heterocycles. The first-order valence-electron chi connectivity index (χ1n) is 5.61. The molecule has 94 valence electrons. The van der Waals surface area contributed by atoms with Crippen molar-refractivity contribution in [1.29, 1.82) is 0 Å². The van der Waals surface area contributed by atoms with Crippen molar-refractivity contribution < 1.29 is 14.6 Å². The van der Waals surface area contributed by atoms with Crippen molar-refractivity contribution in [1.82, 2.24) is 4.98 Å². The number of methoxy groups -OCH3 is 1. The van der Waals surface area contributed by atoms with Crippen LogP contribution >= 0.6 is 0 Å². The Morgan fingerprint density at radius 1 is 1.17 bits per heavy atom. The maximum atomic E-state index is 9.23. The molecule has 1 heterocycles. The molecule has 1 aromatic heterocycles. The Morgan fingerprint density at radius 2 is 1.83 bits per heavy atom. The van der Waals surface area contributed by atoms with Gasteiger partial charge in [0.1, 0.15) is 17.2 Å². The average molecular weight is 245 g/mol. The summed E-state index contributed by atoms with van der Waals surface area (Å²) in [6.07, 6.45) is 1.62. The first-order chi connectivity index (χ1) is 8.72. The molecule has 0 amide bonds. The van der Waals surface area contributed by atoms with Crippen LogP contribution < -0.4 is 9.47 Å². The average Bonchev–Trinajstić information content (AvgIpc) is 2.40. The van der Waals surface area contributed by atoms with Crippen LogP contribution in [-0.2, 0) is 6.61 Å². The smallest absolute Gasteiger partial charge is 0.136 e. The van der Waals surface area contributed by atoms with Crippen LogP contribution in [0, 0.1) is 6.92 Å². The monoisotopic (exact) mass is 245 g/mol. The van der Waals surface area contributed by atoms with Gasteiger partial charge in [-0.05, 0) is 31.2 Å². The van der Waals surface area contributed by atoms with Crippen LogP contribution in [0.2, 0.25) is 0 Å². The molecule has 0 atom stereocenters. The van der Waals surface area contributed by atoms with Gasteiger partial charge in [-0.1, -0.05) is 0 Å². The summed E-state index contributed by atoms with van der Waals surface area (Å²) in [5.74, 6) is 2.09. The van der Waals surface area contributed by atoms with Crippen molar-refractivity contribution in [3.8, 4) is 17.2 Å². The van der Waals surface area contributed by atoms with E-state index < -0.39 is 0 Å². The molecule has 0 aliphatic rings. The third-order valence-corrected chi connectivity index (χ3v) is 2.54. The van der Waals surface area contributed by atoms with E-state index in [1.165, 1.54) is 0 Å². The lowest BCUT2D eigenvalue weighted by Gasteiger charge is -2.10. The number of benzene rings is 1. The normalized spacial score (nSPS) is 10.2. The summed E-state index contributed by atoms with van der Waals surface area (Å²) in [6.45, 7) is 1.78. The van der Waals surface area contributed by atoms with Gasteiger partial charge in [0.15, 0.2) is 0 Å². The van der Waals surface area contributed by atoms with Crippen LogP contribution in [0.25, 0.3) is 0 Å². The van der Waals surface area contributed by atoms with E-state index in [0.717, 1.165) is 11.4 Å². The summed E-state index contributed by atoms with van der Waals surface area (Å²) in [5, 5.41) is 9.23. The summed E-state index contributed by atoms with van der Waals surface area (Å²) in [7, 11) is 1.62. The Morgan fingerprint density at radius 3 is 2.44 bits per heavy atom. The minimum Gasteiger partial charge on any atom is -0.497 e. The van der Waals surface area contributed by atoms with Gasteiger partial charge in [0.25, 0.3) is 0 Å². The number of nitrogens with zero attached hydrogens (tertiary/aromatic N) is 1. The van der Waals surface area contributed by atoms with Gasteiger partial charge in [-0.2, -0.15) is 0 Å². The molecule has 1 N–H and O–H groups in total. The number of aryl methyl sites for hydroxylation is 1. The molecule has 0 unspecified atom stereocenters. The molecule has 0 spiro atoms. The van der Waals surface area contributed by atoms with Gasteiger partial charge in [0.05, 0.1) is 13.7 Å². The predicted molar refractivity (Wildman–Crippen MR) is 68.0 cm³/mol. The maximum Gasteiger partial charge on any atom is 0.136 e. The molecule has 2 aromatic rings. The van der Waals surface area contributed by atoms with Gasteiger partial charge >= 0.3 is 0 Å². The molecular formula is C14H15NO3. The second-order valence-corrected chi connectivity index (χ2v) is 3.87. The lowest BCUT2D eigenvalue weighted by molar-refractivity contribution is 0.276. The summed E-state index contributed by atoms with van der Waals surface area (Å²) in [5.41, 5.74) is 1.51. The Balaban J connectivity index is 2.24. The molecule has 18 heavy (non-hydrogen) atoms. The number of rotatable bonds is 4. The van der Waals surface area contributed by atoms with E-state index in [4.69, 9.17) is 9.47 Å². The number of hydrogen-bond acceptors (Lipinski definition) is 4. The van der Waals surface area contributed by atoms with Crippen LogP contribution in [0.5, 0.6) is 17.2 Å². The highest BCUT2D eigenvalue weighted by atomic mass is 16.5. The number of aromatic nitrogens is 1. The Kier molecular flexibility index (Phi) is 3.79. The van der Waals surface area contributed by atoms with E-state index >= 15 is 0 Å². The quantitative estimate of drug-likeness (QED) is 0.899. The lowest BCUT2D eigenvalue weighted by atomic mass is 10.2. The van der Waals surface area contributed by atoms with Gasteiger partial charge in [0.2, 0.25) is 0 Å². The Bertz CT molecular complexity index is 523. The molecule has 4 heteroatoms. The molecule has 0 radical (unpaired) electrons. The van der Waals surface area contributed by atoms with Gasteiger partial charge in [-0.15, -0.1) is 0 Å². The Labute approximate surface area is 106 Å². The lowest BCUT2D eigenvalue weighted by Crippen LogP contribution is -1.94. The first kappa shape index (κ1) is 12.4. The zero-order chi connectivity index (χ0) is 13.0. The van der Waals surface area contributed by atoms with Gasteiger partial charge in [0, 0.05) is 23.5 Å². The molecule has 0 bridgehead atoms. The van der Waals surface area contributed by atoms with Gasteiger partial charge < -0.3 is 14.6 Å². The number of ether oxygens (including phenoxy) is 2. The van der Waals surface area contributed by atoms with Crippen LogP contribution in [0.4, 0.5) is 0 Å². The Hall–Kier alpha value is -2.07. The molecule has 0 aliphatic carbocycles. The van der Waals surface area contributed by atoms with E-state index in [1.54, 1.807) is 19.4 Å². The van der Waals surface area contributed by atoms with Crippen LogP contribution in [-0.4, -0.2) is 17.2 Å². The van der Waals surface area contributed by atoms with E-state index in [0.29, 0.717) is 17.1 Å². The van der Waals surface area contributed by atoms with Gasteiger partial charge in [-0.3, -0.25) is 4.98 Å². The fourth-order valence-electron chi connectivity index (χ4n) is 1.55. The minimum absolute atomic E-state index is 0.0984. The number of pyridine rings is 1. The van der Waals surface area contributed by atoms with E-state index in [9.17, 15) is 5.11 Å². The van der Waals surface area contributed by atoms with Crippen molar-refractivity contribution >= 4 is 0 Å². The van der Waals surface area contributed by atoms with Crippen molar-refractivity contribution in [3.63, 3.8) is 0 Å². The molecule has 2 rings (SSSR count). The standard InChI is InChI=1S/C14H15NO3/c1-10-7-14(11(9-16)8-15-10)18-13-5-3-12(17-2)4-6-13/h3-8,16H,9H2,1-2H3. The van der Waals surface area contributed by atoms with Gasteiger partial charge in [-0.25, -0.2) is 0 Å². The van der Waals surface area contributed by atoms with Crippen LogP contribution in [0.3, 0.4) is 0 Å². The molecule has 0 saturated heterocycles. The van der Waals surface area contributed by atoms with Crippen LogP contribution in [0.1, 0.15) is 11.3 Å². The molecule has 0 fully saturated rings. The summed E-state index contributed by atoms with van der Waals surface area (Å²) in [6, 6.07) is 9.07. The summed E-state index contributed by atoms with van der Waals surface area (Å²) in [4.78, 5) is 4.12. The first-order valence-corrected chi connectivity index (χ1v) is 5.61. The third kappa shape index (κ3) is 2.78. The second-order valence-electron chi connectivity index (χ2n) is 3.87. The van der Waals surface area contributed by atoms with Crippen LogP contribution in [0.15, 0.2) is 36.5 Å². The van der Waals surface area contributed by atoms with E-state index in [-0.39, 0.29) is 6.61 Å². The van der Waals surface area contributed by atoms with Crippen molar-refractivity contribution in [2.45, 2.75) is 13.5 Å². The second kappa shape index (κ2) is 5.51. The highest BCUT2D eigenvalue weighted by Gasteiger charge is 2.05. The molecule has 4 nitrogen and oxygen atoms in total. The fraction of sp³-hybridized carbons (Fsp3) is 0.214. The topological polar surface area (TPSA) is 51.6 Å². The largest absolute Gasteiger partial charge is 0.497 e. The minimum atomic E-state index is -0.0984. The maximum absolute atomic E-state index is 9.23. The summed E-state index contributed by atoms with van der Waals surface area (Å²) < 4.78 is 10.8. The zero-order valence-corrected chi connectivity index (χ0v) is 10.4. The molecular weight excluding hydrogens is 230 g/mol. The highest BCUT2D eigenvalue weighted by molar-refractivity contribution is 5.39. The molecule has 0 saturated carbocycles. The van der Waals surface area contributed by atoms with E-state index in [2.05, 4.69) is 4.98 Å². The molecule has 1 aromatic carbocycles. The number of hydrogen-bond donors (Lipinski definition) is 1. The third-order valence-electron chi connectivity index (χ3n) is 2.54. The van der Waals surface area contributed by atoms with Crippen molar-refractivity contribution in [2.75, 3.05) is 7.11 Å². The zero-order valence-electron chi connectivity index (χ0n) is 10.4.